The Hall–Kier alpha value is -1.38. The largest absolute Gasteiger partial charge is 0.496 e. The van der Waals surface area contributed by atoms with E-state index in [1.165, 1.54) is 26.2 Å². The molecule has 0 saturated heterocycles. The molecule has 1 aromatic carbocycles. The summed E-state index contributed by atoms with van der Waals surface area (Å²) in [6, 6.07) is 2.57. The minimum atomic E-state index is -0.443. The van der Waals surface area contributed by atoms with Crippen LogP contribution in [0.4, 0.5) is 4.39 Å². The average Bonchev–Trinajstić information content (AvgIpc) is 2.15. The third-order valence-electron chi connectivity index (χ3n) is 2.28. The van der Waals surface area contributed by atoms with Crippen molar-refractivity contribution in [2.24, 2.45) is 0 Å². The fourth-order valence-corrected chi connectivity index (χ4v) is 1.65. The molecule has 0 aromatic heterocycles. The van der Waals surface area contributed by atoms with Crippen molar-refractivity contribution in [3.8, 4) is 5.75 Å². The van der Waals surface area contributed by atoms with E-state index in [9.17, 15) is 9.18 Å². The lowest BCUT2D eigenvalue weighted by atomic mass is 9.94. The van der Waals surface area contributed by atoms with Crippen LogP contribution in [0, 0.1) is 5.82 Å². The highest BCUT2D eigenvalue weighted by Gasteiger charge is 2.17. The molecule has 0 N–H and O–H groups in total. The number of carbonyl (C=O) groups excluding carboxylic acids is 1. The van der Waals surface area contributed by atoms with Crippen molar-refractivity contribution in [2.45, 2.75) is 26.7 Å². The van der Waals surface area contributed by atoms with Crippen LogP contribution in [0.2, 0.25) is 0 Å². The van der Waals surface area contributed by atoms with E-state index >= 15 is 0 Å². The molecule has 0 atom stereocenters. The second-order valence-electron chi connectivity index (χ2n) is 3.78. The Morgan fingerprint density at radius 3 is 2.40 bits per heavy atom. The molecule has 82 valence electrons. The van der Waals surface area contributed by atoms with Gasteiger partial charge in [-0.1, -0.05) is 13.8 Å². The molecule has 15 heavy (non-hydrogen) atoms. The van der Waals surface area contributed by atoms with E-state index in [2.05, 4.69) is 0 Å². The lowest BCUT2D eigenvalue weighted by Crippen LogP contribution is -2.05. The van der Waals surface area contributed by atoms with Crippen molar-refractivity contribution in [3.63, 3.8) is 0 Å². The smallest absolute Gasteiger partial charge is 0.160 e. The zero-order chi connectivity index (χ0) is 11.6. The molecule has 0 fully saturated rings. The molecule has 0 amide bonds. The minimum Gasteiger partial charge on any atom is -0.496 e. The van der Waals surface area contributed by atoms with Gasteiger partial charge in [-0.2, -0.15) is 0 Å². The molecule has 0 saturated carbocycles. The summed E-state index contributed by atoms with van der Waals surface area (Å²) in [7, 11) is 1.48. The molecular weight excluding hydrogens is 195 g/mol. The third kappa shape index (κ3) is 2.35. The summed E-state index contributed by atoms with van der Waals surface area (Å²) in [5, 5.41) is 0. The summed E-state index contributed by atoms with van der Waals surface area (Å²) in [6.07, 6.45) is 0. The van der Waals surface area contributed by atoms with Crippen LogP contribution < -0.4 is 4.74 Å². The number of rotatable bonds is 3. The Kier molecular flexibility index (Phi) is 3.45. The molecule has 0 spiro atoms. The Labute approximate surface area is 89.1 Å². The van der Waals surface area contributed by atoms with Gasteiger partial charge in [0.15, 0.2) is 5.78 Å². The predicted octanol–water partition coefficient (Wildman–Crippen LogP) is 3.16. The Morgan fingerprint density at radius 1 is 1.40 bits per heavy atom. The molecule has 0 aliphatic rings. The van der Waals surface area contributed by atoms with E-state index in [4.69, 9.17) is 4.74 Å². The summed E-state index contributed by atoms with van der Waals surface area (Å²) in [5.41, 5.74) is 1.17. The first-order valence-electron chi connectivity index (χ1n) is 4.85. The predicted molar refractivity (Wildman–Crippen MR) is 57.0 cm³/mol. The number of halogens is 1. The molecule has 0 aliphatic carbocycles. The second kappa shape index (κ2) is 4.43. The second-order valence-corrected chi connectivity index (χ2v) is 3.78. The molecule has 0 unspecified atom stereocenters. The van der Waals surface area contributed by atoms with Crippen molar-refractivity contribution < 1.29 is 13.9 Å². The minimum absolute atomic E-state index is 0.124. The first kappa shape index (κ1) is 11.7. The first-order valence-corrected chi connectivity index (χ1v) is 4.85. The van der Waals surface area contributed by atoms with Gasteiger partial charge < -0.3 is 4.74 Å². The Balaban J connectivity index is 3.47. The van der Waals surface area contributed by atoms with Crippen LogP contribution in [0.3, 0.4) is 0 Å². The molecule has 0 radical (unpaired) electrons. The lowest BCUT2D eigenvalue weighted by molar-refractivity contribution is 0.101. The van der Waals surface area contributed by atoms with Crippen LogP contribution in [0.25, 0.3) is 0 Å². The monoisotopic (exact) mass is 210 g/mol. The van der Waals surface area contributed by atoms with Gasteiger partial charge in [0, 0.05) is 17.2 Å². The quantitative estimate of drug-likeness (QED) is 0.716. The summed E-state index contributed by atoms with van der Waals surface area (Å²) in [6.45, 7) is 5.32. The van der Waals surface area contributed by atoms with Gasteiger partial charge in [0.05, 0.1) is 7.11 Å². The zero-order valence-electron chi connectivity index (χ0n) is 9.43. The maximum atomic E-state index is 13.2. The number of ketones is 1. The number of hydrogen-bond acceptors (Lipinski definition) is 2. The average molecular weight is 210 g/mol. The van der Waals surface area contributed by atoms with Gasteiger partial charge in [-0.25, -0.2) is 4.39 Å². The van der Waals surface area contributed by atoms with E-state index < -0.39 is 5.82 Å². The molecule has 3 heteroatoms. The van der Waals surface area contributed by atoms with Gasteiger partial charge in [0.25, 0.3) is 0 Å². The Morgan fingerprint density at radius 2 is 2.00 bits per heavy atom. The normalized spacial score (nSPS) is 10.5. The highest BCUT2D eigenvalue weighted by atomic mass is 19.1. The van der Waals surface area contributed by atoms with Gasteiger partial charge in [-0.15, -0.1) is 0 Å². The number of hydrogen-bond donors (Lipinski definition) is 0. The summed E-state index contributed by atoms with van der Waals surface area (Å²) in [4.78, 5) is 11.4. The third-order valence-corrected chi connectivity index (χ3v) is 2.28. The standard InChI is InChI=1S/C12H15FO2/c1-7(2)12-10(8(3)14)5-9(13)6-11(12)15-4/h5-7H,1-4H3. The fraction of sp³-hybridized carbons (Fsp3) is 0.417. The van der Waals surface area contributed by atoms with Gasteiger partial charge in [-0.3, -0.25) is 4.79 Å². The maximum Gasteiger partial charge on any atom is 0.160 e. The number of ether oxygens (including phenoxy) is 1. The van der Waals surface area contributed by atoms with Crippen LogP contribution in [-0.2, 0) is 0 Å². The lowest BCUT2D eigenvalue weighted by Gasteiger charge is -2.15. The van der Waals surface area contributed by atoms with Crippen LogP contribution >= 0.6 is 0 Å². The van der Waals surface area contributed by atoms with Crippen molar-refractivity contribution in [2.75, 3.05) is 7.11 Å². The molecule has 0 bridgehead atoms. The van der Waals surface area contributed by atoms with Gasteiger partial charge in [-0.05, 0) is 18.9 Å². The van der Waals surface area contributed by atoms with Crippen molar-refractivity contribution in [3.05, 3.63) is 29.1 Å². The molecule has 1 aromatic rings. The SMILES string of the molecule is COc1cc(F)cc(C(C)=O)c1C(C)C. The van der Waals surface area contributed by atoms with E-state index in [1.807, 2.05) is 13.8 Å². The van der Waals surface area contributed by atoms with Crippen LogP contribution in [-0.4, -0.2) is 12.9 Å². The van der Waals surface area contributed by atoms with Crippen molar-refractivity contribution in [1.29, 1.82) is 0 Å². The van der Waals surface area contributed by atoms with Crippen molar-refractivity contribution >= 4 is 5.78 Å². The van der Waals surface area contributed by atoms with Crippen LogP contribution in [0.1, 0.15) is 42.6 Å². The number of carbonyl (C=O) groups is 1. The molecule has 1 rings (SSSR count). The Bertz CT molecular complexity index is 383. The highest BCUT2D eigenvalue weighted by Crippen LogP contribution is 2.31. The maximum absolute atomic E-state index is 13.2. The fourth-order valence-electron chi connectivity index (χ4n) is 1.65. The van der Waals surface area contributed by atoms with Gasteiger partial charge >= 0.3 is 0 Å². The van der Waals surface area contributed by atoms with E-state index in [0.717, 1.165) is 5.56 Å². The van der Waals surface area contributed by atoms with Gasteiger partial charge in [0.1, 0.15) is 11.6 Å². The van der Waals surface area contributed by atoms with Crippen LogP contribution in [0.15, 0.2) is 12.1 Å². The van der Waals surface area contributed by atoms with Gasteiger partial charge in [0.2, 0.25) is 0 Å². The molecule has 0 aliphatic heterocycles. The zero-order valence-corrected chi connectivity index (χ0v) is 9.43. The number of benzene rings is 1. The van der Waals surface area contributed by atoms with Crippen LogP contribution in [0.5, 0.6) is 5.75 Å². The first-order chi connectivity index (χ1) is 6.97. The van der Waals surface area contributed by atoms with E-state index in [1.54, 1.807) is 0 Å². The summed E-state index contributed by atoms with van der Waals surface area (Å²) < 4.78 is 18.3. The molecular formula is C12H15FO2. The number of methoxy groups -OCH3 is 1. The highest BCUT2D eigenvalue weighted by molar-refractivity contribution is 5.96. The van der Waals surface area contributed by atoms with Crippen molar-refractivity contribution in [1.82, 2.24) is 0 Å². The molecule has 2 nitrogen and oxygen atoms in total. The molecule has 0 heterocycles. The number of Topliss-reactive ketones (excluding diaryl/α,β-unsaturated/α-hetero) is 1. The summed E-state index contributed by atoms with van der Waals surface area (Å²) >= 11 is 0. The van der Waals surface area contributed by atoms with E-state index in [-0.39, 0.29) is 11.7 Å². The van der Waals surface area contributed by atoms with E-state index in [0.29, 0.717) is 11.3 Å². The topological polar surface area (TPSA) is 26.3 Å². The summed E-state index contributed by atoms with van der Waals surface area (Å²) in [5.74, 6) is -0.0207.